The highest BCUT2D eigenvalue weighted by Crippen LogP contribution is 2.39. The highest BCUT2D eigenvalue weighted by atomic mass is 19.4. The summed E-state index contributed by atoms with van der Waals surface area (Å²) in [6, 6.07) is 1.49. The number of rotatable bonds is 6. The number of nitrogens with one attached hydrogen (secondary N) is 1. The summed E-state index contributed by atoms with van der Waals surface area (Å²) in [6.07, 6.45) is 5.89. The second-order valence-corrected chi connectivity index (χ2v) is 11.0. The molecule has 41 heavy (non-hydrogen) atoms. The third-order valence-corrected chi connectivity index (χ3v) is 8.34. The molecule has 3 aliphatic heterocycles. The molecule has 1 unspecified atom stereocenters. The van der Waals surface area contributed by atoms with Crippen molar-refractivity contribution in [1.29, 1.82) is 0 Å². The molecule has 1 atom stereocenters. The van der Waals surface area contributed by atoms with Crippen LogP contribution in [0.25, 0.3) is 11.3 Å². The summed E-state index contributed by atoms with van der Waals surface area (Å²) >= 11 is 0. The van der Waals surface area contributed by atoms with Crippen LogP contribution in [-0.2, 0) is 11.7 Å². The maximum atomic E-state index is 13.0. The average molecular weight is 569 g/mol. The van der Waals surface area contributed by atoms with E-state index in [2.05, 4.69) is 48.3 Å². The molecule has 0 bridgehead atoms. The van der Waals surface area contributed by atoms with Crippen molar-refractivity contribution < 1.29 is 18.0 Å². The Kier molecular flexibility index (Phi) is 6.96. The number of carbonyl (C=O) groups is 1. The molecular formula is C27H31F3N10O. The van der Waals surface area contributed by atoms with E-state index in [1.54, 1.807) is 18.3 Å². The normalized spacial score (nSPS) is 21.1. The largest absolute Gasteiger partial charge is 0.451 e. The van der Waals surface area contributed by atoms with E-state index in [9.17, 15) is 18.0 Å². The molecule has 1 amide bonds. The molecule has 2 saturated heterocycles. The van der Waals surface area contributed by atoms with Gasteiger partial charge in [-0.1, -0.05) is 6.92 Å². The van der Waals surface area contributed by atoms with Gasteiger partial charge in [-0.2, -0.15) is 18.3 Å². The molecule has 2 fully saturated rings. The summed E-state index contributed by atoms with van der Waals surface area (Å²) < 4.78 is 41.0. The molecule has 6 rings (SSSR count). The van der Waals surface area contributed by atoms with Crippen LogP contribution in [0.4, 0.5) is 19.0 Å². The molecule has 14 heteroatoms. The van der Waals surface area contributed by atoms with Crippen molar-refractivity contribution >= 4 is 17.9 Å². The zero-order chi connectivity index (χ0) is 28.8. The van der Waals surface area contributed by atoms with Crippen molar-refractivity contribution in [3.8, 4) is 11.3 Å². The molecule has 0 aliphatic carbocycles. The van der Waals surface area contributed by atoms with E-state index in [-0.39, 0.29) is 17.3 Å². The fourth-order valence-corrected chi connectivity index (χ4v) is 6.10. The summed E-state index contributed by atoms with van der Waals surface area (Å²) in [6.45, 7) is 5.45. The van der Waals surface area contributed by atoms with E-state index in [0.717, 1.165) is 67.7 Å². The lowest BCUT2D eigenvalue weighted by atomic mass is 9.83. The number of aromatic nitrogens is 6. The molecule has 3 aromatic heterocycles. The number of carbonyl (C=O) groups excluding carboxylic acids is 1. The molecule has 3 aliphatic rings. The third-order valence-electron chi connectivity index (χ3n) is 8.34. The minimum Gasteiger partial charge on any atom is -0.369 e. The maximum Gasteiger partial charge on any atom is 0.451 e. The SMILES string of the molecule is CN=CCC1(n2cc(-c3ncnc4c3C(C)CN4)cn2)CN(C2CCN(C(=O)c3ccnc(C(F)(F)F)n3)CC2)C1. The highest BCUT2D eigenvalue weighted by molar-refractivity contribution is 5.92. The van der Waals surface area contributed by atoms with Gasteiger partial charge < -0.3 is 15.2 Å². The smallest absolute Gasteiger partial charge is 0.369 e. The van der Waals surface area contributed by atoms with Crippen molar-refractivity contribution in [2.45, 2.75) is 49.9 Å². The predicted octanol–water partition coefficient (Wildman–Crippen LogP) is 3.08. The Morgan fingerprint density at radius 3 is 2.73 bits per heavy atom. The van der Waals surface area contributed by atoms with E-state index < -0.39 is 17.9 Å². The molecule has 216 valence electrons. The number of alkyl halides is 3. The van der Waals surface area contributed by atoms with Gasteiger partial charge in [0, 0.05) is 87.9 Å². The number of piperidine rings is 1. The number of anilines is 1. The quantitative estimate of drug-likeness (QED) is 0.451. The van der Waals surface area contributed by atoms with Gasteiger partial charge >= 0.3 is 6.18 Å². The first-order chi connectivity index (χ1) is 19.7. The number of hydrogen-bond acceptors (Lipinski definition) is 9. The monoisotopic (exact) mass is 568 g/mol. The van der Waals surface area contributed by atoms with Crippen molar-refractivity contribution in [3.05, 3.63) is 48.1 Å². The van der Waals surface area contributed by atoms with Gasteiger partial charge in [0.25, 0.3) is 5.91 Å². The fourth-order valence-electron chi connectivity index (χ4n) is 6.10. The first-order valence-corrected chi connectivity index (χ1v) is 13.7. The first kappa shape index (κ1) is 27.2. The molecule has 0 spiro atoms. The zero-order valence-electron chi connectivity index (χ0n) is 22.8. The molecule has 6 heterocycles. The molecular weight excluding hydrogens is 537 g/mol. The minimum absolute atomic E-state index is 0.235. The van der Waals surface area contributed by atoms with Gasteiger partial charge in [0.2, 0.25) is 5.82 Å². The molecule has 0 saturated carbocycles. The Morgan fingerprint density at radius 2 is 2.00 bits per heavy atom. The standard InChI is InChI=1S/C27H31F3N10O/c1-17-11-33-23-21(17)22(34-16-35-23)18-12-36-40(13-18)26(6-8-31-2)14-39(15-26)19-4-9-38(10-5-19)24(41)20-3-7-32-25(37-20)27(28,29)30/h3,7-8,12-13,16-17,19H,4-6,9-11,14-15H2,1-2H3,(H,33,34,35). The highest BCUT2D eigenvalue weighted by Gasteiger charge is 2.48. The number of hydrogen-bond donors (Lipinski definition) is 1. The lowest BCUT2D eigenvalue weighted by Gasteiger charge is -2.54. The Hall–Kier alpha value is -3.94. The van der Waals surface area contributed by atoms with Crippen LogP contribution < -0.4 is 5.32 Å². The van der Waals surface area contributed by atoms with Gasteiger partial charge in [-0.15, -0.1) is 0 Å². The summed E-state index contributed by atoms with van der Waals surface area (Å²) in [5.74, 6) is -0.618. The minimum atomic E-state index is -4.70. The van der Waals surface area contributed by atoms with Gasteiger partial charge in [-0.3, -0.25) is 14.4 Å². The average Bonchev–Trinajstić information content (AvgIpc) is 3.60. The number of amides is 1. The number of fused-ring (bicyclic) bond motifs is 1. The van der Waals surface area contributed by atoms with Crippen LogP contribution in [0.1, 0.15) is 54.0 Å². The molecule has 0 aromatic carbocycles. The van der Waals surface area contributed by atoms with E-state index in [1.807, 2.05) is 17.1 Å². The summed E-state index contributed by atoms with van der Waals surface area (Å²) in [5, 5.41) is 8.10. The van der Waals surface area contributed by atoms with Crippen molar-refractivity contribution in [2.24, 2.45) is 4.99 Å². The van der Waals surface area contributed by atoms with Gasteiger partial charge in [-0.25, -0.2) is 19.9 Å². The lowest BCUT2D eigenvalue weighted by Crippen LogP contribution is -2.66. The predicted molar refractivity (Wildman–Crippen MR) is 145 cm³/mol. The van der Waals surface area contributed by atoms with Crippen molar-refractivity contribution in [2.75, 3.05) is 45.1 Å². The van der Waals surface area contributed by atoms with Crippen LogP contribution in [-0.4, -0.2) is 97.5 Å². The van der Waals surface area contributed by atoms with Crippen LogP contribution in [0.3, 0.4) is 0 Å². The molecule has 3 aromatic rings. The van der Waals surface area contributed by atoms with Gasteiger partial charge in [0.15, 0.2) is 0 Å². The van der Waals surface area contributed by atoms with Gasteiger partial charge in [-0.05, 0) is 18.9 Å². The van der Waals surface area contributed by atoms with Crippen molar-refractivity contribution in [1.82, 2.24) is 39.5 Å². The van der Waals surface area contributed by atoms with Crippen LogP contribution in [0, 0.1) is 0 Å². The summed E-state index contributed by atoms with van der Waals surface area (Å²) in [5.41, 5.74) is 2.48. The molecule has 11 nitrogen and oxygen atoms in total. The molecule has 1 N–H and O–H groups in total. The zero-order valence-corrected chi connectivity index (χ0v) is 22.8. The second kappa shape index (κ2) is 10.5. The maximum absolute atomic E-state index is 13.0. The first-order valence-electron chi connectivity index (χ1n) is 13.7. The Labute approximate surface area is 234 Å². The lowest BCUT2D eigenvalue weighted by molar-refractivity contribution is -0.145. The van der Waals surface area contributed by atoms with Crippen LogP contribution in [0.5, 0.6) is 0 Å². The second-order valence-electron chi connectivity index (χ2n) is 11.0. The third kappa shape index (κ3) is 5.04. The van der Waals surface area contributed by atoms with E-state index in [4.69, 9.17) is 5.10 Å². The summed E-state index contributed by atoms with van der Waals surface area (Å²) in [4.78, 5) is 36.7. The number of nitrogens with zero attached hydrogens (tertiary/aromatic N) is 9. The van der Waals surface area contributed by atoms with Crippen LogP contribution in [0.15, 0.2) is 36.0 Å². The Balaban J connectivity index is 1.12. The number of halogens is 3. The molecule has 0 radical (unpaired) electrons. The van der Waals surface area contributed by atoms with E-state index in [0.29, 0.717) is 19.0 Å². The Bertz CT molecular complexity index is 1460. The fraction of sp³-hybridized carbons (Fsp3) is 0.519. The van der Waals surface area contributed by atoms with Crippen LogP contribution >= 0.6 is 0 Å². The van der Waals surface area contributed by atoms with E-state index >= 15 is 0 Å². The number of aliphatic imine (C=N–C) groups is 1. The van der Waals surface area contributed by atoms with Crippen LogP contribution in [0.2, 0.25) is 0 Å². The summed E-state index contributed by atoms with van der Waals surface area (Å²) in [7, 11) is 1.76. The van der Waals surface area contributed by atoms with E-state index in [1.165, 1.54) is 6.07 Å². The Morgan fingerprint density at radius 1 is 1.22 bits per heavy atom. The van der Waals surface area contributed by atoms with Gasteiger partial charge in [0.05, 0.1) is 17.4 Å². The van der Waals surface area contributed by atoms with Crippen molar-refractivity contribution in [3.63, 3.8) is 0 Å². The van der Waals surface area contributed by atoms with Gasteiger partial charge in [0.1, 0.15) is 17.8 Å². The topological polar surface area (TPSA) is 117 Å². The number of likely N-dealkylation sites (tertiary alicyclic amines) is 2.